The van der Waals surface area contributed by atoms with Gasteiger partial charge in [-0.3, -0.25) is 14.5 Å². The smallest absolute Gasteiger partial charge is 0.329 e. The summed E-state index contributed by atoms with van der Waals surface area (Å²) in [6.45, 7) is 3.72. The van der Waals surface area contributed by atoms with Crippen molar-refractivity contribution in [2.24, 2.45) is 0 Å². The molecule has 0 spiro atoms. The fourth-order valence-electron chi connectivity index (χ4n) is 2.79. The number of para-hydroxylation sites is 1. The Balaban J connectivity index is 1.79. The fourth-order valence-corrected chi connectivity index (χ4v) is 3.69. The molecule has 1 atom stereocenters. The third-order valence-corrected chi connectivity index (χ3v) is 5.17. The second-order valence-corrected chi connectivity index (χ2v) is 7.29. The summed E-state index contributed by atoms with van der Waals surface area (Å²) in [6.07, 6.45) is 1.61. The monoisotopic (exact) mass is 411 g/mol. The second kappa shape index (κ2) is 9.43. The first-order valence-electron chi connectivity index (χ1n) is 9.20. The van der Waals surface area contributed by atoms with Crippen molar-refractivity contribution in [2.75, 3.05) is 6.61 Å². The van der Waals surface area contributed by atoms with Crippen LogP contribution in [0.4, 0.5) is 4.79 Å². The van der Waals surface area contributed by atoms with Gasteiger partial charge in [-0.05, 0) is 43.3 Å². The molecule has 1 aliphatic rings. The van der Waals surface area contributed by atoms with E-state index in [1.807, 2.05) is 48.5 Å². The van der Waals surface area contributed by atoms with E-state index >= 15 is 0 Å². The zero-order valence-electron chi connectivity index (χ0n) is 16.2. The Morgan fingerprint density at radius 3 is 2.52 bits per heavy atom. The van der Waals surface area contributed by atoms with Gasteiger partial charge in [0, 0.05) is 5.56 Å². The Hall–Kier alpha value is -3.06. The number of amides is 2. The predicted molar refractivity (Wildman–Crippen MR) is 111 cm³/mol. The molecule has 7 heteroatoms. The van der Waals surface area contributed by atoms with Crippen LogP contribution in [-0.2, 0) is 20.9 Å². The maximum absolute atomic E-state index is 12.7. The number of hydrogen-bond donors (Lipinski definition) is 0. The Labute approximate surface area is 173 Å². The van der Waals surface area contributed by atoms with Gasteiger partial charge in [-0.1, -0.05) is 48.5 Å². The van der Waals surface area contributed by atoms with E-state index in [9.17, 15) is 14.4 Å². The van der Waals surface area contributed by atoms with E-state index in [0.717, 1.165) is 22.2 Å². The Kier molecular flexibility index (Phi) is 6.72. The number of esters is 1. The molecule has 29 heavy (non-hydrogen) atoms. The van der Waals surface area contributed by atoms with Crippen LogP contribution in [0.5, 0.6) is 5.75 Å². The van der Waals surface area contributed by atoms with Crippen molar-refractivity contribution in [3.8, 4) is 5.75 Å². The molecule has 0 radical (unpaired) electrons. The molecule has 150 valence electrons. The van der Waals surface area contributed by atoms with Crippen LogP contribution in [0.1, 0.15) is 25.0 Å². The average Bonchev–Trinajstić information content (AvgIpc) is 3.00. The molecular formula is C22H21NO5S. The van der Waals surface area contributed by atoms with Crippen LogP contribution < -0.4 is 4.74 Å². The lowest BCUT2D eigenvalue weighted by molar-refractivity contribution is -0.150. The molecule has 2 amide bonds. The topological polar surface area (TPSA) is 72.9 Å². The third-order valence-electron chi connectivity index (χ3n) is 4.28. The molecule has 0 aromatic heterocycles. The maximum Gasteiger partial charge on any atom is 0.329 e. The molecule has 6 nitrogen and oxygen atoms in total. The van der Waals surface area contributed by atoms with Gasteiger partial charge in [-0.2, -0.15) is 0 Å². The van der Waals surface area contributed by atoms with E-state index in [2.05, 4.69) is 0 Å². The average molecular weight is 411 g/mol. The molecule has 1 saturated heterocycles. The van der Waals surface area contributed by atoms with Crippen LogP contribution in [0.2, 0.25) is 0 Å². The van der Waals surface area contributed by atoms with Crippen molar-refractivity contribution in [2.45, 2.75) is 26.5 Å². The molecule has 2 aromatic carbocycles. The second-order valence-electron chi connectivity index (χ2n) is 6.29. The summed E-state index contributed by atoms with van der Waals surface area (Å²) in [7, 11) is 0. The van der Waals surface area contributed by atoms with E-state index in [1.165, 1.54) is 6.92 Å². The van der Waals surface area contributed by atoms with Crippen molar-refractivity contribution in [3.05, 3.63) is 70.6 Å². The van der Waals surface area contributed by atoms with Crippen LogP contribution in [0.3, 0.4) is 0 Å². The van der Waals surface area contributed by atoms with Gasteiger partial charge < -0.3 is 9.47 Å². The van der Waals surface area contributed by atoms with Gasteiger partial charge in [-0.25, -0.2) is 4.79 Å². The fraction of sp³-hybridized carbons (Fsp3) is 0.227. The quantitative estimate of drug-likeness (QED) is 0.501. The maximum atomic E-state index is 12.7. The number of benzene rings is 2. The predicted octanol–water partition coefficient (Wildman–Crippen LogP) is 4.25. The standard InChI is InChI=1S/C22H21NO5S/c1-3-27-21(25)15(2)23-20(24)19(29-22(23)26)13-17-11-7-8-12-18(17)28-14-16-9-5-4-6-10-16/h4-13,15H,3,14H2,1-2H3/b19-13+. The zero-order chi connectivity index (χ0) is 20.8. The van der Waals surface area contributed by atoms with E-state index < -0.39 is 23.2 Å². The van der Waals surface area contributed by atoms with Crippen molar-refractivity contribution in [1.29, 1.82) is 0 Å². The highest BCUT2D eigenvalue weighted by Crippen LogP contribution is 2.35. The van der Waals surface area contributed by atoms with Gasteiger partial charge in [0.25, 0.3) is 11.1 Å². The lowest BCUT2D eigenvalue weighted by atomic mass is 10.1. The number of carbonyl (C=O) groups excluding carboxylic acids is 3. The van der Waals surface area contributed by atoms with E-state index in [0.29, 0.717) is 17.9 Å². The lowest BCUT2D eigenvalue weighted by Gasteiger charge is -2.19. The summed E-state index contributed by atoms with van der Waals surface area (Å²) in [5.74, 6) is -0.525. The molecule has 0 saturated carbocycles. The first kappa shape index (κ1) is 20.7. The summed E-state index contributed by atoms with van der Waals surface area (Å²) in [5.41, 5.74) is 1.70. The highest BCUT2D eigenvalue weighted by molar-refractivity contribution is 8.18. The van der Waals surface area contributed by atoms with Crippen LogP contribution >= 0.6 is 11.8 Å². The molecule has 1 fully saturated rings. The van der Waals surface area contributed by atoms with Crippen molar-refractivity contribution >= 4 is 35.0 Å². The van der Waals surface area contributed by atoms with Crippen LogP contribution in [-0.4, -0.2) is 34.7 Å². The minimum Gasteiger partial charge on any atom is -0.488 e. The molecule has 3 rings (SSSR count). The number of carbonyl (C=O) groups is 3. The first-order chi connectivity index (χ1) is 14.0. The largest absolute Gasteiger partial charge is 0.488 e. The van der Waals surface area contributed by atoms with Gasteiger partial charge in [-0.15, -0.1) is 0 Å². The number of thioether (sulfide) groups is 1. The van der Waals surface area contributed by atoms with E-state index in [4.69, 9.17) is 9.47 Å². The van der Waals surface area contributed by atoms with Gasteiger partial charge in [0.15, 0.2) is 0 Å². The van der Waals surface area contributed by atoms with Crippen molar-refractivity contribution < 1.29 is 23.9 Å². The lowest BCUT2D eigenvalue weighted by Crippen LogP contribution is -2.42. The Bertz CT molecular complexity index is 941. The van der Waals surface area contributed by atoms with Crippen molar-refractivity contribution in [3.63, 3.8) is 0 Å². The van der Waals surface area contributed by atoms with E-state index in [1.54, 1.807) is 19.1 Å². The molecule has 1 aliphatic heterocycles. The number of hydrogen-bond acceptors (Lipinski definition) is 6. The SMILES string of the molecule is CCOC(=O)C(C)N1C(=O)S/C(=C/c2ccccc2OCc2ccccc2)C1=O. The number of nitrogens with zero attached hydrogens (tertiary/aromatic N) is 1. The Morgan fingerprint density at radius 2 is 1.79 bits per heavy atom. The first-order valence-corrected chi connectivity index (χ1v) is 10.0. The summed E-state index contributed by atoms with van der Waals surface area (Å²) < 4.78 is 10.8. The van der Waals surface area contributed by atoms with Gasteiger partial charge in [0.1, 0.15) is 18.4 Å². The van der Waals surface area contributed by atoms with Crippen LogP contribution in [0.15, 0.2) is 59.5 Å². The summed E-state index contributed by atoms with van der Waals surface area (Å²) in [5, 5.41) is -0.496. The minimum atomic E-state index is -0.974. The molecular weight excluding hydrogens is 390 g/mol. The molecule has 0 aliphatic carbocycles. The number of ether oxygens (including phenoxy) is 2. The minimum absolute atomic E-state index is 0.182. The summed E-state index contributed by atoms with van der Waals surface area (Å²) >= 11 is 0.799. The highest BCUT2D eigenvalue weighted by Gasteiger charge is 2.41. The van der Waals surface area contributed by atoms with Crippen LogP contribution in [0, 0.1) is 0 Å². The molecule has 0 N–H and O–H groups in total. The van der Waals surface area contributed by atoms with E-state index in [-0.39, 0.29) is 11.5 Å². The third kappa shape index (κ3) is 4.86. The highest BCUT2D eigenvalue weighted by atomic mass is 32.2. The number of rotatable bonds is 7. The molecule has 2 aromatic rings. The molecule has 0 bridgehead atoms. The summed E-state index contributed by atoms with van der Waals surface area (Å²) in [6, 6.07) is 16.0. The van der Waals surface area contributed by atoms with Gasteiger partial charge >= 0.3 is 5.97 Å². The molecule has 1 unspecified atom stereocenters. The van der Waals surface area contributed by atoms with Crippen molar-refractivity contribution in [1.82, 2.24) is 4.90 Å². The Morgan fingerprint density at radius 1 is 1.10 bits per heavy atom. The summed E-state index contributed by atoms with van der Waals surface area (Å²) in [4.78, 5) is 38.2. The van der Waals surface area contributed by atoms with Gasteiger partial charge in [0.2, 0.25) is 0 Å². The zero-order valence-corrected chi connectivity index (χ0v) is 17.0. The van der Waals surface area contributed by atoms with Gasteiger partial charge in [0.05, 0.1) is 11.5 Å². The number of imide groups is 1. The molecule has 1 heterocycles. The van der Waals surface area contributed by atoms with Crippen LogP contribution in [0.25, 0.3) is 6.08 Å². The normalized spacial score (nSPS) is 16.2.